The fraction of sp³-hybridized carbons (Fsp3) is 0.611. The lowest BCUT2D eigenvalue weighted by Gasteiger charge is -2.29. The van der Waals surface area contributed by atoms with Gasteiger partial charge < -0.3 is 16.0 Å². The van der Waals surface area contributed by atoms with Crippen molar-refractivity contribution in [1.82, 2.24) is 10.2 Å². The third-order valence-corrected chi connectivity index (χ3v) is 4.54. The summed E-state index contributed by atoms with van der Waals surface area (Å²) in [6, 6.07) is 10.0. The number of nitrogens with two attached hydrogens (primary N) is 1. The molecule has 22 heavy (non-hydrogen) atoms. The molecule has 4 nitrogen and oxygen atoms in total. The van der Waals surface area contributed by atoms with E-state index in [0.29, 0.717) is 5.56 Å². The first-order valence-electron chi connectivity index (χ1n) is 8.31. The van der Waals surface area contributed by atoms with Gasteiger partial charge in [-0.25, -0.2) is 0 Å². The minimum atomic E-state index is 0.179. The van der Waals surface area contributed by atoms with Gasteiger partial charge in [-0.2, -0.15) is 5.26 Å². The Morgan fingerprint density at radius 1 is 1.32 bits per heavy atom. The lowest BCUT2D eigenvalue weighted by molar-refractivity contribution is 0.216. The van der Waals surface area contributed by atoms with E-state index in [-0.39, 0.29) is 6.04 Å². The monoisotopic (exact) mass is 300 g/mol. The summed E-state index contributed by atoms with van der Waals surface area (Å²) in [7, 11) is 2.20. The molecular weight excluding hydrogens is 272 g/mol. The summed E-state index contributed by atoms with van der Waals surface area (Å²) in [5, 5.41) is 12.4. The second-order valence-electron chi connectivity index (χ2n) is 6.51. The van der Waals surface area contributed by atoms with Crippen molar-refractivity contribution in [3.05, 3.63) is 35.4 Å². The minimum absolute atomic E-state index is 0.179. The molecule has 0 bridgehead atoms. The number of piperidine rings is 1. The third-order valence-electron chi connectivity index (χ3n) is 4.54. The fourth-order valence-corrected chi connectivity index (χ4v) is 2.98. The summed E-state index contributed by atoms with van der Waals surface area (Å²) >= 11 is 0. The van der Waals surface area contributed by atoms with Crippen molar-refractivity contribution in [2.75, 3.05) is 33.2 Å². The van der Waals surface area contributed by atoms with Gasteiger partial charge in [-0.3, -0.25) is 0 Å². The maximum atomic E-state index is 8.79. The van der Waals surface area contributed by atoms with Crippen molar-refractivity contribution >= 4 is 0 Å². The second-order valence-corrected chi connectivity index (χ2v) is 6.51. The van der Waals surface area contributed by atoms with Gasteiger partial charge in [0.2, 0.25) is 0 Å². The van der Waals surface area contributed by atoms with Crippen LogP contribution < -0.4 is 11.1 Å². The smallest absolute Gasteiger partial charge is 0.0991 e. The van der Waals surface area contributed by atoms with Crippen LogP contribution in [-0.2, 0) is 6.42 Å². The molecule has 1 heterocycles. The van der Waals surface area contributed by atoms with Crippen LogP contribution in [0.1, 0.15) is 30.4 Å². The first kappa shape index (κ1) is 17.0. The molecule has 1 aromatic carbocycles. The van der Waals surface area contributed by atoms with Crippen LogP contribution in [0.15, 0.2) is 24.3 Å². The summed E-state index contributed by atoms with van der Waals surface area (Å²) in [5.41, 5.74) is 8.12. The Labute approximate surface area is 134 Å². The van der Waals surface area contributed by atoms with Gasteiger partial charge in [0.25, 0.3) is 0 Å². The van der Waals surface area contributed by atoms with E-state index in [4.69, 9.17) is 11.0 Å². The third kappa shape index (κ3) is 5.76. The maximum absolute atomic E-state index is 8.79. The molecule has 1 saturated heterocycles. The molecular formula is C18H28N4. The normalized spacial score (nSPS) is 18.0. The Morgan fingerprint density at radius 2 is 2.00 bits per heavy atom. The van der Waals surface area contributed by atoms with E-state index in [0.717, 1.165) is 31.8 Å². The number of benzene rings is 1. The molecule has 120 valence electrons. The van der Waals surface area contributed by atoms with Crippen molar-refractivity contribution in [2.45, 2.75) is 31.7 Å². The van der Waals surface area contributed by atoms with Crippen molar-refractivity contribution in [2.24, 2.45) is 11.7 Å². The largest absolute Gasteiger partial charge is 0.327 e. The number of likely N-dealkylation sites (tertiary alicyclic amines) is 1. The van der Waals surface area contributed by atoms with Crippen molar-refractivity contribution < 1.29 is 0 Å². The maximum Gasteiger partial charge on any atom is 0.0991 e. The summed E-state index contributed by atoms with van der Waals surface area (Å²) < 4.78 is 0. The number of hydrogen-bond donors (Lipinski definition) is 2. The van der Waals surface area contributed by atoms with E-state index >= 15 is 0 Å². The van der Waals surface area contributed by atoms with Crippen LogP contribution in [0.2, 0.25) is 0 Å². The minimum Gasteiger partial charge on any atom is -0.327 e. The van der Waals surface area contributed by atoms with Gasteiger partial charge in [-0.1, -0.05) is 12.1 Å². The highest BCUT2D eigenvalue weighted by molar-refractivity contribution is 5.31. The molecule has 1 unspecified atom stereocenters. The molecule has 1 fully saturated rings. The Kier molecular flexibility index (Phi) is 6.85. The highest BCUT2D eigenvalue weighted by Crippen LogP contribution is 2.14. The highest BCUT2D eigenvalue weighted by atomic mass is 15.1. The predicted molar refractivity (Wildman–Crippen MR) is 90.5 cm³/mol. The zero-order chi connectivity index (χ0) is 15.8. The summed E-state index contributed by atoms with van der Waals surface area (Å²) in [5.74, 6) is 0.825. The Balaban J connectivity index is 1.59. The molecule has 0 aliphatic carbocycles. The molecule has 0 saturated carbocycles. The first-order valence-corrected chi connectivity index (χ1v) is 8.31. The van der Waals surface area contributed by atoms with E-state index < -0.39 is 0 Å². The molecule has 0 amide bonds. The Morgan fingerprint density at radius 3 is 2.64 bits per heavy atom. The molecule has 1 aliphatic heterocycles. The number of hydrogen-bond acceptors (Lipinski definition) is 4. The molecule has 4 heteroatoms. The zero-order valence-electron chi connectivity index (χ0n) is 13.6. The van der Waals surface area contributed by atoms with Gasteiger partial charge in [0.15, 0.2) is 0 Å². The van der Waals surface area contributed by atoms with Gasteiger partial charge in [0.1, 0.15) is 0 Å². The quantitative estimate of drug-likeness (QED) is 0.753. The van der Waals surface area contributed by atoms with Crippen molar-refractivity contribution in [3.63, 3.8) is 0 Å². The Hall–Kier alpha value is -1.41. The summed E-state index contributed by atoms with van der Waals surface area (Å²) in [6.07, 6.45) is 4.48. The average Bonchev–Trinajstić information content (AvgIpc) is 2.54. The molecule has 0 spiro atoms. The summed E-state index contributed by atoms with van der Waals surface area (Å²) in [6.45, 7) is 4.57. The molecule has 0 aromatic heterocycles. The van der Waals surface area contributed by atoms with Crippen molar-refractivity contribution in [1.29, 1.82) is 5.26 Å². The van der Waals surface area contributed by atoms with Crippen LogP contribution in [0.4, 0.5) is 0 Å². The van der Waals surface area contributed by atoms with Crippen LogP contribution in [0.25, 0.3) is 0 Å². The van der Waals surface area contributed by atoms with Gasteiger partial charge in [0.05, 0.1) is 11.6 Å². The van der Waals surface area contributed by atoms with Crippen LogP contribution in [-0.4, -0.2) is 44.2 Å². The molecule has 2 rings (SSSR count). The van der Waals surface area contributed by atoms with E-state index in [1.165, 1.54) is 31.5 Å². The van der Waals surface area contributed by atoms with E-state index in [2.05, 4.69) is 23.3 Å². The molecule has 3 N–H and O–H groups in total. The first-order chi connectivity index (χ1) is 10.7. The molecule has 1 aliphatic rings. The lowest BCUT2D eigenvalue weighted by Crippen LogP contribution is -2.36. The predicted octanol–water partition coefficient (Wildman–Crippen LogP) is 1.75. The Bertz CT molecular complexity index is 469. The summed E-state index contributed by atoms with van der Waals surface area (Å²) in [4.78, 5) is 2.41. The number of nitrogens with one attached hydrogen (secondary N) is 1. The highest BCUT2D eigenvalue weighted by Gasteiger charge is 2.15. The fourth-order valence-electron chi connectivity index (χ4n) is 2.98. The van der Waals surface area contributed by atoms with E-state index in [9.17, 15) is 0 Å². The number of rotatable bonds is 7. The van der Waals surface area contributed by atoms with Crippen LogP contribution in [0.3, 0.4) is 0 Å². The standard InChI is InChI=1S/C18H28N4/c1-22-10-7-17(8-11-22)14-21-9-6-18(20)12-15-2-4-16(13-19)5-3-15/h2-5,17-18,21H,6-12,14,20H2,1H3. The topological polar surface area (TPSA) is 65.1 Å². The van der Waals surface area contributed by atoms with Crippen LogP contribution >= 0.6 is 0 Å². The van der Waals surface area contributed by atoms with Crippen molar-refractivity contribution in [3.8, 4) is 6.07 Å². The molecule has 0 radical (unpaired) electrons. The molecule has 1 aromatic rings. The van der Waals surface area contributed by atoms with Gasteiger partial charge in [-0.15, -0.1) is 0 Å². The van der Waals surface area contributed by atoms with Gasteiger partial charge >= 0.3 is 0 Å². The SMILES string of the molecule is CN1CCC(CNCCC(N)Cc2ccc(C#N)cc2)CC1. The second kappa shape index (κ2) is 8.89. The van der Waals surface area contributed by atoms with E-state index in [1.54, 1.807) is 0 Å². The van der Waals surface area contributed by atoms with Crippen LogP contribution in [0, 0.1) is 17.2 Å². The number of nitrogens with zero attached hydrogens (tertiary/aromatic N) is 2. The zero-order valence-corrected chi connectivity index (χ0v) is 13.6. The lowest BCUT2D eigenvalue weighted by atomic mass is 9.97. The van der Waals surface area contributed by atoms with Gasteiger partial charge in [0, 0.05) is 6.04 Å². The van der Waals surface area contributed by atoms with Crippen LogP contribution in [0.5, 0.6) is 0 Å². The number of nitriles is 1. The average molecular weight is 300 g/mol. The molecule has 1 atom stereocenters. The van der Waals surface area contributed by atoms with Gasteiger partial charge in [-0.05, 0) is 82.5 Å². The van der Waals surface area contributed by atoms with E-state index in [1.807, 2.05) is 24.3 Å².